The van der Waals surface area contributed by atoms with Crippen LogP contribution in [-0.2, 0) is 4.74 Å². The minimum atomic E-state index is -1.01. The molecule has 124 valence electrons. The van der Waals surface area contributed by atoms with E-state index in [0.717, 1.165) is 24.4 Å². The monoisotopic (exact) mass is 334 g/mol. The van der Waals surface area contributed by atoms with Crippen molar-refractivity contribution >= 4 is 23.8 Å². The number of nitro groups is 1. The van der Waals surface area contributed by atoms with E-state index in [1.807, 2.05) is 0 Å². The fourth-order valence-electron chi connectivity index (χ4n) is 1.86. The predicted molar refractivity (Wildman–Crippen MR) is 82.1 cm³/mol. The molecule has 0 aliphatic heterocycles. The van der Waals surface area contributed by atoms with E-state index in [9.17, 15) is 23.7 Å². The van der Waals surface area contributed by atoms with Gasteiger partial charge in [0.2, 0.25) is 0 Å². The normalized spacial score (nSPS) is 10.8. The van der Waals surface area contributed by atoms with Crippen LogP contribution < -0.4 is 0 Å². The van der Waals surface area contributed by atoms with Crippen LogP contribution in [0.2, 0.25) is 0 Å². The van der Waals surface area contributed by atoms with Crippen LogP contribution in [0.25, 0.3) is 12.2 Å². The maximum atomic E-state index is 13.2. The molecule has 0 bridgehead atoms. The van der Waals surface area contributed by atoms with Crippen LogP contribution in [0, 0.1) is 21.7 Å². The molecule has 0 spiro atoms. The third kappa shape index (κ3) is 3.97. The van der Waals surface area contributed by atoms with E-state index in [0.29, 0.717) is 5.56 Å². The Labute approximate surface area is 135 Å². The van der Waals surface area contributed by atoms with Gasteiger partial charge in [-0.15, -0.1) is 0 Å². The Morgan fingerprint density at radius 3 is 2.67 bits per heavy atom. The van der Waals surface area contributed by atoms with Gasteiger partial charge < -0.3 is 4.74 Å². The molecule has 0 saturated carbocycles. The van der Waals surface area contributed by atoms with Crippen LogP contribution in [-0.4, -0.2) is 22.5 Å². The number of aromatic nitrogens is 1. The summed E-state index contributed by atoms with van der Waals surface area (Å²) in [4.78, 5) is 25.9. The summed E-state index contributed by atoms with van der Waals surface area (Å²) in [6.45, 7) is 1.69. The molecule has 0 saturated heterocycles. The number of carbonyl (C=O) groups is 1. The average molecular weight is 334 g/mol. The SMILES string of the molecule is CCOC(=O)c1cc([N+](=O)[O-])cnc1/C=C/c1ccc(F)c(F)c1. The van der Waals surface area contributed by atoms with Gasteiger partial charge in [-0.25, -0.2) is 18.6 Å². The number of benzene rings is 1. The van der Waals surface area contributed by atoms with Crippen molar-refractivity contribution in [3.63, 3.8) is 0 Å². The molecular formula is C16H12F2N2O4. The van der Waals surface area contributed by atoms with Crippen molar-refractivity contribution in [1.29, 1.82) is 0 Å². The number of halogens is 2. The number of ether oxygens (including phenoxy) is 1. The van der Waals surface area contributed by atoms with Crippen LogP contribution in [0.5, 0.6) is 0 Å². The maximum Gasteiger partial charge on any atom is 0.340 e. The van der Waals surface area contributed by atoms with E-state index in [-0.39, 0.29) is 23.6 Å². The highest BCUT2D eigenvalue weighted by atomic mass is 19.2. The molecule has 1 heterocycles. The summed E-state index contributed by atoms with van der Waals surface area (Å²) in [5.74, 6) is -2.76. The van der Waals surface area contributed by atoms with E-state index in [4.69, 9.17) is 4.74 Å². The lowest BCUT2D eigenvalue weighted by Crippen LogP contribution is -2.08. The van der Waals surface area contributed by atoms with E-state index < -0.39 is 22.5 Å². The third-order valence-corrected chi connectivity index (χ3v) is 2.99. The fourth-order valence-corrected chi connectivity index (χ4v) is 1.86. The maximum absolute atomic E-state index is 13.2. The molecule has 2 aromatic rings. The zero-order valence-corrected chi connectivity index (χ0v) is 12.5. The minimum Gasteiger partial charge on any atom is -0.462 e. The highest BCUT2D eigenvalue weighted by molar-refractivity contribution is 5.94. The van der Waals surface area contributed by atoms with Gasteiger partial charge in [-0.2, -0.15) is 0 Å². The van der Waals surface area contributed by atoms with Gasteiger partial charge >= 0.3 is 5.97 Å². The zero-order chi connectivity index (χ0) is 17.7. The molecule has 0 atom stereocenters. The van der Waals surface area contributed by atoms with Crippen molar-refractivity contribution in [2.24, 2.45) is 0 Å². The van der Waals surface area contributed by atoms with E-state index in [1.54, 1.807) is 6.92 Å². The van der Waals surface area contributed by atoms with Crippen molar-refractivity contribution in [2.75, 3.05) is 6.61 Å². The Kier molecular flexibility index (Phi) is 5.31. The zero-order valence-electron chi connectivity index (χ0n) is 12.5. The first-order valence-corrected chi connectivity index (χ1v) is 6.87. The summed E-state index contributed by atoms with van der Waals surface area (Å²) in [5.41, 5.74) is 0.000517. The van der Waals surface area contributed by atoms with Crippen molar-refractivity contribution in [3.8, 4) is 0 Å². The van der Waals surface area contributed by atoms with Gasteiger partial charge in [0.05, 0.1) is 22.8 Å². The van der Waals surface area contributed by atoms with Crippen molar-refractivity contribution < 1.29 is 23.2 Å². The summed E-state index contributed by atoms with van der Waals surface area (Å²) in [6.07, 6.45) is 3.76. The second-order valence-electron chi connectivity index (χ2n) is 4.61. The van der Waals surface area contributed by atoms with E-state index in [1.165, 1.54) is 18.2 Å². The second-order valence-corrected chi connectivity index (χ2v) is 4.61. The van der Waals surface area contributed by atoms with E-state index >= 15 is 0 Å². The van der Waals surface area contributed by atoms with Gasteiger partial charge in [0, 0.05) is 6.07 Å². The summed E-state index contributed by atoms with van der Waals surface area (Å²) < 4.78 is 30.9. The summed E-state index contributed by atoms with van der Waals surface area (Å²) in [5, 5.41) is 10.8. The molecule has 1 aromatic heterocycles. The molecular weight excluding hydrogens is 322 g/mol. The number of hydrogen-bond donors (Lipinski definition) is 0. The van der Waals surface area contributed by atoms with Crippen molar-refractivity contribution in [2.45, 2.75) is 6.92 Å². The highest BCUT2D eigenvalue weighted by Gasteiger charge is 2.17. The van der Waals surface area contributed by atoms with Gasteiger partial charge in [-0.3, -0.25) is 10.1 Å². The summed E-state index contributed by atoms with van der Waals surface area (Å²) in [7, 11) is 0. The van der Waals surface area contributed by atoms with Crippen LogP contribution in [0.1, 0.15) is 28.5 Å². The smallest absolute Gasteiger partial charge is 0.340 e. The Morgan fingerprint density at radius 1 is 1.29 bits per heavy atom. The van der Waals surface area contributed by atoms with Gasteiger partial charge in [0.25, 0.3) is 5.69 Å². The first-order chi connectivity index (χ1) is 11.4. The van der Waals surface area contributed by atoms with Gasteiger partial charge in [-0.1, -0.05) is 12.1 Å². The Morgan fingerprint density at radius 2 is 2.04 bits per heavy atom. The number of rotatable bonds is 5. The first kappa shape index (κ1) is 17.2. The lowest BCUT2D eigenvalue weighted by molar-refractivity contribution is -0.385. The van der Waals surface area contributed by atoms with Crippen LogP contribution in [0.3, 0.4) is 0 Å². The number of nitrogens with zero attached hydrogens (tertiary/aromatic N) is 2. The molecule has 24 heavy (non-hydrogen) atoms. The first-order valence-electron chi connectivity index (χ1n) is 6.87. The molecule has 0 amide bonds. The third-order valence-electron chi connectivity index (χ3n) is 2.99. The van der Waals surface area contributed by atoms with Crippen LogP contribution in [0.15, 0.2) is 30.5 Å². The molecule has 6 nitrogen and oxygen atoms in total. The molecule has 1 aromatic carbocycles. The number of hydrogen-bond acceptors (Lipinski definition) is 5. The lowest BCUT2D eigenvalue weighted by Gasteiger charge is -2.05. The van der Waals surface area contributed by atoms with Crippen LogP contribution >= 0.6 is 0 Å². The topological polar surface area (TPSA) is 82.3 Å². The Balaban J connectivity index is 2.40. The molecule has 0 fully saturated rings. The Bertz CT molecular complexity index is 822. The van der Waals surface area contributed by atoms with Crippen LogP contribution in [0.4, 0.5) is 14.5 Å². The molecule has 8 heteroatoms. The van der Waals surface area contributed by atoms with Crippen molar-refractivity contribution in [3.05, 3.63) is 69.0 Å². The molecule has 0 radical (unpaired) electrons. The van der Waals surface area contributed by atoms with E-state index in [2.05, 4.69) is 4.98 Å². The van der Waals surface area contributed by atoms with Gasteiger partial charge in [-0.05, 0) is 30.7 Å². The largest absolute Gasteiger partial charge is 0.462 e. The second kappa shape index (κ2) is 7.40. The van der Waals surface area contributed by atoms with Gasteiger partial charge in [0.1, 0.15) is 6.20 Å². The molecule has 0 N–H and O–H groups in total. The molecule has 0 unspecified atom stereocenters. The highest BCUT2D eigenvalue weighted by Crippen LogP contribution is 2.19. The minimum absolute atomic E-state index is 0.0911. The van der Waals surface area contributed by atoms with Gasteiger partial charge in [0.15, 0.2) is 11.6 Å². The predicted octanol–water partition coefficient (Wildman–Crippen LogP) is 3.62. The lowest BCUT2D eigenvalue weighted by atomic mass is 10.1. The number of pyridine rings is 1. The molecule has 0 aliphatic rings. The molecule has 0 aliphatic carbocycles. The quantitative estimate of drug-likeness (QED) is 0.474. The summed E-state index contributed by atoms with van der Waals surface area (Å²) >= 11 is 0. The number of carbonyl (C=O) groups excluding carboxylic acids is 1. The fraction of sp³-hybridized carbons (Fsp3) is 0.125. The average Bonchev–Trinajstić information content (AvgIpc) is 2.56. The van der Waals surface area contributed by atoms with Crippen molar-refractivity contribution in [1.82, 2.24) is 4.98 Å². The number of esters is 1. The Hall–Kier alpha value is -3.16. The molecule has 2 rings (SSSR count). The standard InChI is InChI=1S/C16H12F2N2O4/c1-2-24-16(21)12-8-11(20(22)23)9-19-15(12)6-4-10-3-5-13(17)14(18)7-10/h3-9H,2H2,1H3/b6-4+. The summed E-state index contributed by atoms with van der Waals surface area (Å²) in [6, 6.07) is 4.33.